The second kappa shape index (κ2) is 8.21. The lowest BCUT2D eigenvalue weighted by Gasteiger charge is -2.14. The second-order valence-electron chi connectivity index (χ2n) is 6.98. The number of hydrogen-bond donors (Lipinski definition) is 3. The molecule has 0 radical (unpaired) electrons. The molecule has 0 aromatic heterocycles. The minimum absolute atomic E-state index is 0.0811. The van der Waals surface area contributed by atoms with E-state index in [9.17, 15) is 18.8 Å². The van der Waals surface area contributed by atoms with Crippen LogP contribution in [0.2, 0.25) is 0 Å². The van der Waals surface area contributed by atoms with Gasteiger partial charge in [0.25, 0.3) is 11.8 Å². The molecule has 1 fully saturated rings. The number of aryl methyl sites for hydroxylation is 1. The summed E-state index contributed by atoms with van der Waals surface area (Å²) >= 11 is 0. The Labute approximate surface area is 161 Å². The number of amides is 2. The Kier molecular flexibility index (Phi) is 5.73. The third-order valence-corrected chi connectivity index (χ3v) is 4.98. The van der Waals surface area contributed by atoms with Crippen LogP contribution in [0.25, 0.3) is 0 Å². The van der Waals surface area contributed by atoms with Crippen molar-refractivity contribution in [1.82, 2.24) is 5.32 Å². The maximum Gasteiger partial charge on any atom is 0.306 e. The zero-order valence-electron chi connectivity index (χ0n) is 15.4. The summed E-state index contributed by atoms with van der Waals surface area (Å²) < 4.78 is 13.8. The first-order valence-corrected chi connectivity index (χ1v) is 9.05. The first-order chi connectivity index (χ1) is 13.3. The number of aliphatic carboxylic acids is 1. The summed E-state index contributed by atoms with van der Waals surface area (Å²) in [6.07, 6.45) is 1.56. The third-order valence-electron chi connectivity index (χ3n) is 4.98. The quantitative estimate of drug-likeness (QED) is 0.737. The monoisotopic (exact) mass is 384 g/mol. The molecule has 146 valence electrons. The summed E-state index contributed by atoms with van der Waals surface area (Å²) in [6.45, 7) is 1.77. The van der Waals surface area contributed by atoms with Crippen LogP contribution < -0.4 is 10.6 Å². The van der Waals surface area contributed by atoms with E-state index in [-0.39, 0.29) is 17.5 Å². The zero-order chi connectivity index (χ0) is 20.3. The molecule has 28 heavy (non-hydrogen) atoms. The van der Waals surface area contributed by atoms with E-state index < -0.39 is 23.6 Å². The average molecular weight is 384 g/mol. The molecule has 2 aromatic rings. The van der Waals surface area contributed by atoms with Crippen LogP contribution in [0.3, 0.4) is 0 Å². The number of benzene rings is 2. The smallest absolute Gasteiger partial charge is 0.306 e. The lowest BCUT2D eigenvalue weighted by Crippen LogP contribution is -2.33. The molecule has 3 N–H and O–H groups in total. The van der Waals surface area contributed by atoms with Gasteiger partial charge in [-0.3, -0.25) is 14.4 Å². The molecule has 0 heterocycles. The first-order valence-electron chi connectivity index (χ1n) is 9.05. The van der Waals surface area contributed by atoms with Crippen LogP contribution in [0.4, 0.5) is 10.1 Å². The lowest BCUT2D eigenvalue weighted by atomic mass is 10.1. The Morgan fingerprint density at radius 3 is 2.50 bits per heavy atom. The molecule has 7 heteroatoms. The van der Waals surface area contributed by atoms with Gasteiger partial charge >= 0.3 is 5.97 Å². The van der Waals surface area contributed by atoms with Gasteiger partial charge < -0.3 is 15.7 Å². The molecule has 0 unspecified atom stereocenters. The van der Waals surface area contributed by atoms with E-state index >= 15 is 0 Å². The molecular weight excluding hydrogens is 363 g/mol. The number of carboxylic acids is 1. The topological polar surface area (TPSA) is 95.5 Å². The van der Waals surface area contributed by atoms with Crippen molar-refractivity contribution < 1.29 is 23.9 Å². The van der Waals surface area contributed by atoms with Gasteiger partial charge in [0.2, 0.25) is 0 Å². The van der Waals surface area contributed by atoms with E-state index in [1.165, 1.54) is 24.3 Å². The molecule has 3 rings (SSSR count). The minimum Gasteiger partial charge on any atom is -0.481 e. The van der Waals surface area contributed by atoms with Crippen LogP contribution in [0, 0.1) is 18.7 Å². The van der Waals surface area contributed by atoms with Crippen LogP contribution in [0.15, 0.2) is 42.5 Å². The molecule has 0 aliphatic heterocycles. The van der Waals surface area contributed by atoms with Gasteiger partial charge in [-0.2, -0.15) is 0 Å². The Balaban J connectivity index is 1.71. The number of carbonyl (C=O) groups is 3. The zero-order valence-corrected chi connectivity index (χ0v) is 15.4. The van der Waals surface area contributed by atoms with Crippen molar-refractivity contribution in [3.05, 3.63) is 65.0 Å². The number of carbonyl (C=O) groups excluding carboxylic acids is 2. The van der Waals surface area contributed by atoms with Crippen LogP contribution >= 0.6 is 0 Å². The Bertz CT molecular complexity index is 928. The van der Waals surface area contributed by atoms with Crippen LogP contribution in [-0.4, -0.2) is 28.9 Å². The van der Waals surface area contributed by atoms with Crippen molar-refractivity contribution in [3.63, 3.8) is 0 Å². The van der Waals surface area contributed by atoms with Gasteiger partial charge in [0.15, 0.2) is 0 Å². The van der Waals surface area contributed by atoms with Crippen molar-refractivity contribution >= 4 is 23.5 Å². The molecule has 0 saturated heterocycles. The van der Waals surface area contributed by atoms with Crippen molar-refractivity contribution in [2.24, 2.45) is 5.92 Å². The highest BCUT2D eigenvalue weighted by molar-refractivity contribution is 6.05. The largest absolute Gasteiger partial charge is 0.481 e. The van der Waals surface area contributed by atoms with Crippen LogP contribution in [-0.2, 0) is 4.79 Å². The summed E-state index contributed by atoms with van der Waals surface area (Å²) in [5.74, 6) is -2.83. The molecule has 2 atom stereocenters. The molecule has 2 aromatic carbocycles. The van der Waals surface area contributed by atoms with E-state index in [1.807, 2.05) is 0 Å². The van der Waals surface area contributed by atoms with Gasteiger partial charge in [-0.25, -0.2) is 4.39 Å². The number of rotatable bonds is 5. The van der Waals surface area contributed by atoms with Gasteiger partial charge in [-0.05, 0) is 56.0 Å². The molecule has 0 spiro atoms. The summed E-state index contributed by atoms with van der Waals surface area (Å²) in [5, 5.41) is 14.6. The highest BCUT2D eigenvalue weighted by Crippen LogP contribution is 2.26. The summed E-state index contributed by atoms with van der Waals surface area (Å²) in [5.41, 5.74) is 1.40. The summed E-state index contributed by atoms with van der Waals surface area (Å²) in [4.78, 5) is 35.9. The van der Waals surface area contributed by atoms with Crippen molar-refractivity contribution in [1.29, 1.82) is 0 Å². The summed E-state index contributed by atoms with van der Waals surface area (Å²) in [7, 11) is 0. The molecular formula is C21H21FN2O4. The SMILES string of the molecule is Cc1ccc(C(=O)N[C@H]2CC[C@@H](C(=O)O)C2)cc1NC(=O)c1ccccc1F. The van der Waals surface area contributed by atoms with E-state index in [2.05, 4.69) is 10.6 Å². The number of carboxylic acid groups (broad SMARTS) is 1. The van der Waals surface area contributed by atoms with Gasteiger partial charge in [0.1, 0.15) is 5.82 Å². The normalized spacial score (nSPS) is 18.5. The van der Waals surface area contributed by atoms with Gasteiger partial charge in [0, 0.05) is 17.3 Å². The molecule has 0 bridgehead atoms. The number of anilines is 1. The maximum absolute atomic E-state index is 13.8. The fourth-order valence-corrected chi connectivity index (χ4v) is 3.34. The molecule has 1 saturated carbocycles. The highest BCUT2D eigenvalue weighted by atomic mass is 19.1. The van der Waals surface area contributed by atoms with Crippen molar-refractivity contribution in [2.75, 3.05) is 5.32 Å². The molecule has 2 amide bonds. The molecule has 1 aliphatic carbocycles. The minimum atomic E-state index is -0.842. The predicted molar refractivity (Wildman–Crippen MR) is 102 cm³/mol. The number of halogens is 1. The highest BCUT2D eigenvalue weighted by Gasteiger charge is 2.30. The van der Waals surface area contributed by atoms with E-state index in [0.29, 0.717) is 30.5 Å². The van der Waals surface area contributed by atoms with Gasteiger partial charge in [-0.15, -0.1) is 0 Å². The second-order valence-corrected chi connectivity index (χ2v) is 6.98. The fourth-order valence-electron chi connectivity index (χ4n) is 3.34. The van der Waals surface area contributed by atoms with Crippen molar-refractivity contribution in [3.8, 4) is 0 Å². The van der Waals surface area contributed by atoms with E-state index in [1.54, 1.807) is 25.1 Å². The average Bonchev–Trinajstić information content (AvgIpc) is 3.12. The van der Waals surface area contributed by atoms with E-state index in [0.717, 1.165) is 5.56 Å². The van der Waals surface area contributed by atoms with Crippen LogP contribution in [0.5, 0.6) is 0 Å². The Hall–Kier alpha value is -3.22. The number of nitrogens with one attached hydrogen (secondary N) is 2. The Morgan fingerprint density at radius 1 is 1.07 bits per heavy atom. The van der Waals surface area contributed by atoms with Gasteiger partial charge in [-0.1, -0.05) is 18.2 Å². The Morgan fingerprint density at radius 2 is 1.82 bits per heavy atom. The summed E-state index contributed by atoms with van der Waals surface area (Å²) in [6, 6.07) is 10.3. The standard InChI is InChI=1S/C21H21FN2O4/c1-12-6-7-13(19(25)23-15-9-8-14(10-15)21(27)28)11-18(12)24-20(26)16-4-2-3-5-17(16)22/h2-7,11,14-15H,8-10H2,1H3,(H,23,25)(H,24,26)(H,27,28)/t14-,15+/m1/s1. The third kappa shape index (κ3) is 4.36. The maximum atomic E-state index is 13.8. The predicted octanol–water partition coefficient (Wildman–Crippen LogP) is 3.37. The van der Waals surface area contributed by atoms with Crippen molar-refractivity contribution in [2.45, 2.75) is 32.2 Å². The van der Waals surface area contributed by atoms with Gasteiger partial charge in [0.05, 0.1) is 11.5 Å². The molecule has 1 aliphatic rings. The van der Waals surface area contributed by atoms with E-state index in [4.69, 9.17) is 5.11 Å². The first kappa shape index (κ1) is 19.5. The number of hydrogen-bond acceptors (Lipinski definition) is 3. The molecule has 6 nitrogen and oxygen atoms in total. The fraction of sp³-hybridized carbons (Fsp3) is 0.286. The lowest BCUT2D eigenvalue weighted by molar-refractivity contribution is -0.141. The van der Waals surface area contributed by atoms with Crippen LogP contribution in [0.1, 0.15) is 45.5 Å².